The molecule has 0 fully saturated rings. The Labute approximate surface area is 203 Å². The van der Waals surface area contributed by atoms with Crippen LogP contribution in [-0.2, 0) is 6.42 Å². The predicted octanol–water partition coefficient (Wildman–Crippen LogP) is 8.52. The fraction of sp³-hybridized carbons (Fsp3) is 0.464. The van der Waals surface area contributed by atoms with E-state index in [9.17, 15) is 0 Å². The molecule has 0 saturated heterocycles. The summed E-state index contributed by atoms with van der Waals surface area (Å²) in [6.07, 6.45) is 12.7. The fourth-order valence-corrected chi connectivity index (χ4v) is 3.96. The lowest BCUT2D eigenvalue weighted by atomic mass is 10.1. The van der Waals surface area contributed by atoms with Gasteiger partial charge in [0.05, 0.1) is 6.61 Å². The number of nitrogens with zero attached hydrogens (tertiary/aromatic N) is 4. The van der Waals surface area contributed by atoms with Gasteiger partial charge in [0.2, 0.25) is 5.89 Å². The first-order valence-corrected chi connectivity index (χ1v) is 12.6. The highest BCUT2D eigenvalue weighted by atomic mass is 16.6. The number of hydrogen-bond donors (Lipinski definition) is 0. The van der Waals surface area contributed by atoms with E-state index in [4.69, 9.17) is 19.7 Å². The van der Waals surface area contributed by atoms with Crippen LogP contribution in [0.3, 0.4) is 0 Å². The van der Waals surface area contributed by atoms with E-state index in [-0.39, 0.29) is 0 Å². The van der Waals surface area contributed by atoms with E-state index in [1.807, 2.05) is 48.5 Å². The average molecular weight is 461 g/mol. The highest BCUT2D eigenvalue weighted by Crippen LogP contribution is 2.29. The van der Waals surface area contributed by atoms with Gasteiger partial charge in [0.25, 0.3) is 0 Å². The number of ether oxygens (including phenoxy) is 1. The van der Waals surface area contributed by atoms with Crippen molar-refractivity contribution in [2.24, 2.45) is 5.11 Å². The molecule has 0 saturated carbocycles. The summed E-state index contributed by atoms with van der Waals surface area (Å²) in [6.45, 7) is 1.28. The number of unbranched alkanes of at least 4 members (excludes halogenated alkanes) is 9. The topological polar surface area (TPSA) is 84.0 Å². The van der Waals surface area contributed by atoms with E-state index in [0.717, 1.165) is 30.5 Å². The SMILES string of the molecule is [N-]=[N+]=NCCCCCCCCCCCCOc1oc(-c2ccccc2)nc1Cc1ccccc1. The van der Waals surface area contributed by atoms with E-state index in [0.29, 0.717) is 31.4 Å². The molecule has 0 bridgehead atoms. The molecule has 0 aliphatic carbocycles. The molecule has 2 aromatic carbocycles. The number of rotatable bonds is 17. The fourth-order valence-electron chi connectivity index (χ4n) is 3.96. The molecule has 3 rings (SSSR count). The largest absolute Gasteiger partial charge is 0.464 e. The maximum absolute atomic E-state index is 8.26. The van der Waals surface area contributed by atoms with Crippen molar-refractivity contribution in [2.45, 2.75) is 70.6 Å². The molecule has 0 aliphatic heterocycles. The van der Waals surface area contributed by atoms with Gasteiger partial charge in [-0.25, -0.2) is 4.98 Å². The van der Waals surface area contributed by atoms with Crippen molar-refractivity contribution >= 4 is 0 Å². The zero-order valence-corrected chi connectivity index (χ0v) is 20.1. The minimum atomic E-state index is 0.545. The maximum Gasteiger partial charge on any atom is 0.309 e. The van der Waals surface area contributed by atoms with Crippen LogP contribution >= 0.6 is 0 Å². The van der Waals surface area contributed by atoms with Crippen molar-refractivity contribution in [3.8, 4) is 17.4 Å². The summed E-state index contributed by atoms with van der Waals surface area (Å²) < 4.78 is 12.1. The third-order valence-corrected chi connectivity index (χ3v) is 5.85. The summed E-state index contributed by atoms with van der Waals surface area (Å²) in [5.74, 6) is 1.16. The van der Waals surface area contributed by atoms with Crippen LogP contribution in [0.4, 0.5) is 0 Å². The van der Waals surface area contributed by atoms with Gasteiger partial charge in [-0.15, -0.1) is 0 Å². The molecular weight excluding hydrogens is 424 g/mol. The Hall–Kier alpha value is -3.24. The maximum atomic E-state index is 8.26. The van der Waals surface area contributed by atoms with Crippen LogP contribution in [0.2, 0.25) is 0 Å². The second kappa shape index (κ2) is 15.6. The number of hydrogen-bond acceptors (Lipinski definition) is 4. The van der Waals surface area contributed by atoms with Gasteiger partial charge in [-0.3, -0.25) is 0 Å². The molecule has 0 N–H and O–H groups in total. The third-order valence-electron chi connectivity index (χ3n) is 5.85. The highest BCUT2D eigenvalue weighted by molar-refractivity contribution is 5.54. The Morgan fingerprint density at radius 1 is 0.765 bits per heavy atom. The molecule has 6 heteroatoms. The zero-order valence-electron chi connectivity index (χ0n) is 20.1. The summed E-state index contributed by atoms with van der Waals surface area (Å²) in [5.41, 5.74) is 11.3. The van der Waals surface area contributed by atoms with Gasteiger partial charge in [-0.2, -0.15) is 0 Å². The molecule has 0 aliphatic rings. The lowest BCUT2D eigenvalue weighted by Crippen LogP contribution is -2.00. The van der Waals surface area contributed by atoms with Gasteiger partial charge in [-0.1, -0.05) is 105 Å². The van der Waals surface area contributed by atoms with Crippen LogP contribution in [0.25, 0.3) is 21.9 Å². The summed E-state index contributed by atoms with van der Waals surface area (Å²) in [7, 11) is 0. The van der Waals surface area contributed by atoms with Gasteiger partial charge in [0.15, 0.2) is 0 Å². The highest BCUT2D eigenvalue weighted by Gasteiger charge is 2.16. The van der Waals surface area contributed by atoms with Crippen LogP contribution in [-0.4, -0.2) is 18.1 Å². The van der Waals surface area contributed by atoms with Crippen molar-refractivity contribution in [1.82, 2.24) is 4.98 Å². The normalized spacial score (nSPS) is 10.7. The summed E-state index contributed by atoms with van der Waals surface area (Å²) in [4.78, 5) is 7.53. The van der Waals surface area contributed by atoms with E-state index >= 15 is 0 Å². The monoisotopic (exact) mass is 460 g/mol. The van der Waals surface area contributed by atoms with Crippen molar-refractivity contribution in [3.05, 3.63) is 82.4 Å². The standard InChI is InChI=1S/C28H36N4O2/c29-32-30-21-15-7-5-3-1-2-4-6-8-16-22-33-28-26(23-24-17-11-9-12-18-24)31-27(34-28)25-19-13-10-14-20-25/h9-14,17-20H,1-8,15-16,21-23H2. The Bertz CT molecular complexity index is 982. The van der Waals surface area contributed by atoms with Crippen LogP contribution in [0.5, 0.6) is 5.95 Å². The smallest absolute Gasteiger partial charge is 0.309 e. The Morgan fingerprint density at radius 2 is 1.35 bits per heavy atom. The summed E-state index contributed by atoms with van der Waals surface area (Å²) in [6, 6.07) is 20.3. The Morgan fingerprint density at radius 3 is 2.00 bits per heavy atom. The molecule has 3 aromatic rings. The zero-order chi connectivity index (χ0) is 23.7. The van der Waals surface area contributed by atoms with Crippen molar-refractivity contribution in [2.75, 3.05) is 13.2 Å². The molecule has 0 radical (unpaired) electrons. The van der Waals surface area contributed by atoms with Gasteiger partial charge in [-0.05, 0) is 36.1 Å². The lowest BCUT2D eigenvalue weighted by Gasteiger charge is -2.05. The Kier molecular flexibility index (Phi) is 11.6. The van der Waals surface area contributed by atoms with Gasteiger partial charge in [0.1, 0.15) is 5.69 Å². The molecule has 180 valence electrons. The van der Waals surface area contributed by atoms with Crippen LogP contribution in [0.1, 0.15) is 75.5 Å². The second-order valence-corrected chi connectivity index (χ2v) is 8.62. The van der Waals surface area contributed by atoms with Gasteiger partial charge in [0, 0.05) is 23.4 Å². The predicted molar refractivity (Wildman–Crippen MR) is 137 cm³/mol. The summed E-state index contributed by atoms with van der Waals surface area (Å²) in [5, 5.41) is 3.57. The number of aromatic nitrogens is 1. The molecule has 0 unspecified atom stereocenters. The molecule has 1 heterocycles. The van der Waals surface area contributed by atoms with Gasteiger partial charge >= 0.3 is 5.95 Å². The first-order valence-electron chi connectivity index (χ1n) is 12.6. The molecule has 0 atom stereocenters. The van der Waals surface area contributed by atoms with E-state index in [2.05, 4.69) is 22.2 Å². The average Bonchev–Trinajstić information content (AvgIpc) is 3.28. The molecule has 0 amide bonds. The van der Waals surface area contributed by atoms with Crippen LogP contribution in [0, 0.1) is 0 Å². The van der Waals surface area contributed by atoms with Gasteiger partial charge < -0.3 is 9.15 Å². The minimum Gasteiger partial charge on any atom is -0.464 e. The van der Waals surface area contributed by atoms with E-state index in [1.54, 1.807) is 0 Å². The van der Waals surface area contributed by atoms with Crippen molar-refractivity contribution in [3.63, 3.8) is 0 Å². The molecule has 6 nitrogen and oxygen atoms in total. The lowest BCUT2D eigenvalue weighted by molar-refractivity contribution is 0.235. The molecular formula is C28H36N4O2. The summed E-state index contributed by atoms with van der Waals surface area (Å²) >= 11 is 0. The van der Waals surface area contributed by atoms with Crippen LogP contribution in [0.15, 0.2) is 70.2 Å². The van der Waals surface area contributed by atoms with Crippen molar-refractivity contribution < 1.29 is 9.15 Å². The molecule has 1 aromatic heterocycles. The number of oxazole rings is 1. The number of azide groups is 1. The quantitative estimate of drug-likeness (QED) is 0.0875. The first kappa shape index (κ1) is 25.4. The second-order valence-electron chi connectivity index (χ2n) is 8.62. The number of benzene rings is 2. The molecule has 34 heavy (non-hydrogen) atoms. The van der Waals surface area contributed by atoms with Crippen molar-refractivity contribution in [1.29, 1.82) is 0 Å². The third kappa shape index (κ3) is 9.32. The van der Waals surface area contributed by atoms with E-state index in [1.165, 1.54) is 50.5 Å². The molecule has 0 spiro atoms. The first-order chi connectivity index (χ1) is 16.9. The van der Waals surface area contributed by atoms with E-state index < -0.39 is 0 Å². The van der Waals surface area contributed by atoms with Crippen LogP contribution < -0.4 is 4.74 Å². The minimum absolute atomic E-state index is 0.545. The Balaban J connectivity index is 1.36.